The molecule has 0 aliphatic rings. The monoisotopic (exact) mass is 408 g/mol. The first kappa shape index (κ1) is 20.2. The number of rotatable bonds is 6. The average Bonchev–Trinajstić information content (AvgIpc) is 2.71. The predicted octanol–water partition coefficient (Wildman–Crippen LogP) is 3.67. The largest absolute Gasteiger partial charge is 0.365 e. The molecule has 0 aliphatic heterocycles. The molecule has 0 saturated heterocycles. The van der Waals surface area contributed by atoms with Gasteiger partial charge in [0.15, 0.2) is 0 Å². The molecule has 2 aromatic carbocycles. The topological polar surface area (TPSA) is 109 Å². The summed E-state index contributed by atoms with van der Waals surface area (Å²) in [4.78, 5) is 4.56. The van der Waals surface area contributed by atoms with Crippen LogP contribution < -0.4 is 10.5 Å². The highest BCUT2D eigenvalue weighted by Gasteiger charge is 2.16. The smallest absolute Gasteiger partial charge is 0.238 e. The second-order valence-electron chi connectivity index (χ2n) is 6.14. The minimum atomic E-state index is -3.83. The molecule has 146 valence electrons. The maximum atomic E-state index is 13.4. The summed E-state index contributed by atoms with van der Waals surface area (Å²) in [7, 11) is -3.83. The fraction of sp³-hybridized carbons (Fsp3) is 0.0476. The van der Waals surface area contributed by atoms with E-state index in [-0.39, 0.29) is 10.7 Å². The van der Waals surface area contributed by atoms with Gasteiger partial charge in [-0.3, -0.25) is 0 Å². The van der Waals surface area contributed by atoms with Crippen LogP contribution in [0.3, 0.4) is 0 Å². The SMILES string of the molecule is C=CCNc1nc(-c2ccc(F)cc2)c(-c2ccc(S(N)(=O)=O)cc2)cc1C#N. The van der Waals surface area contributed by atoms with Gasteiger partial charge in [-0.25, -0.2) is 22.9 Å². The Kier molecular flexibility index (Phi) is 5.73. The molecule has 0 spiro atoms. The zero-order valence-corrected chi connectivity index (χ0v) is 16.1. The van der Waals surface area contributed by atoms with Crippen molar-refractivity contribution in [1.29, 1.82) is 5.26 Å². The summed E-state index contributed by atoms with van der Waals surface area (Å²) in [5.74, 6) is -0.0110. The molecule has 1 aromatic heterocycles. The summed E-state index contributed by atoms with van der Waals surface area (Å²) in [6, 6.07) is 15.5. The van der Waals surface area contributed by atoms with Crippen LogP contribution in [0.1, 0.15) is 5.56 Å². The van der Waals surface area contributed by atoms with Crippen molar-refractivity contribution in [1.82, 2.24) is 4.98 Å². The Morgan fingerprint density at radius 2 is 1.76 bits per heavy atom. The lowest BCUT2D eigenvalue weighted by Crippen LogP contribution is -2.11. The molecule has 0 bridgehead atoms. The van der Waals surface area contributed by atoms with Crippen LogP contribution in [0, 0.1) is 17.1 Å². The molecule has 6 nitrogen and oxygen atoms in total. The lowest BCUT2D eigenvalue weighted by Gasteiger charge is -2.14. The van der Waals surface area contributed by atoms with Crippen LogP contribution in [-0.4, -0.2) is 19.9 Å². The highest BCUT2D eigenvalue weighted by Crippen LogP contribution is 2.34. The summed E-state index contributed by atoms with van der Waals surface area (Å²) in [6.45, 7) is 4.05. The van der Waals surface area contributed by atoms with Gasteiger partial charge in [-0.05, 0) is 48.0 Å². The Morgan fingerprint density at radius 1 is 1.14 bits per heavy atom. The number of sulfonamides is 1. The second-order valence-corrected chi connectivity index (χ2v) is 7.70. The summed E-state index contributed by atoms with van der Waals surface area (Å²) in [6.07, 6.45) is 1.64. The van der Waals surface area contributed by atoms with Crippen LogP contribution in [0.25, 0.3) is 22.4 Å². The summed E-state index contributed by atoms with van der Waals surface area (Å²) >= 11 is 0. The number of pyridine rings is 1. The molecule has 0 radical (unpaired) electrons. The van der Waals surface area contributed by atoms with Crippen molar-refractivity contribution in [2.45, 2.75) is 4.90 Å². The van der Waals surface area contributed by atoms with Gasteiger partial charge >= 0.3 is 0 Å². The minimum Gasteiger partial charge on any atom is -0.365 e. The molecule has 1 heterocycles. The van der Waals surface area contributed by atoms with E-state index in [1.54, 1.807) is 36.4 Å². The molecule has 3 N–H and O–H groups in total. The number of nitrogens with zero attached hydrogens (tertiary/aromatic N) is 2. The Morgan fingerprint density at radius 3 is 2.31 bits per heavy atom. The van der Waals surface area contributed by atoms with E-state index in [0.29, 0.717) is 40.3 Å². The van der Waals surface area contributed by atoms with E-state index in [2.05, 4.69) is 22.9 Å². The molecule has 3 aromatic rings. The normalized spacial score (nSPS) is 10.9. The lowest BCUT2D eigenvalue weighted by atomic mass is 9.97. The molecule has 0 saturated carbocycles. The third-order valence-corrected chi connectivity index (χ3v) is 5.10. The number of anilines is 1. The molecule has 0 atom stereocenters. The Labute approximate surface area is 168 Å². The van der Waals surface area contributed by atoms with Gasteiger partial charge in [0.05, 0.1) is 16.2 Å². The number of nitriles is 1. The van der Waals surface area contributed by atoms with Gasteiger partial charge in [-0.2, -0.15) is 5.26 Å². The van der Waals surface area contributed by atoms with E-state index in [4.69, 9.17) is 5.14 Å². The number of hydrogen-bond acceptors (Lipinski definition) is 5. The maximum absolute atomic E-state index is 13.4. The second kappa shape index (κ2) is 8.22. The molecule has 0 unspecified atom stereocenters. The lowest BCUT2D eigenvalue weighted by molar-refractivity contribution is 0.598. The van der Waals surface area contributed by atoms with Crippen LogP contribution in [-0.2, 0) is 10.0 Å². The van der Waals surface area contributed by atoms with Crippen molar-refractivity contribution in [2.75, 3.05) is 11.9 Å². The Hall–Kier alpha value is -3.54. The maximum Gasteiger partial charge on any atom is 0.238 e. The number of halogens is 1. The summed E-state index contributed by atoms with van der Waals surface area (Å²) < 4.78 is 36.4. The molecule has 0 aliphatic carbocycles. The number of benzene rings is 2. The molecule has 8 heteroatoms. The molecule has 29 heavy (non-hydrogen) atoms. The van der Waals surface area contributed by atoms with Crippen molar-refractivity contribution in [2.24, 2.45) is 5.14 Å². The highest BCUT2D eigenvalue weighted by atomic mass is 32.2. The van der Waals surface area contributed by atoms with E-state index in [1.807, 2.05) is 0 Å². The van der Waals surface area contributed by atoms with Gasteiger partial charge in [-0.1, -0.05) is 18.2 Å². The van der Waals surface area contributed by atoms with E-state index < -0.39 is 10.0 Å². The molecule has 3 rings (SSSR count). The van der Waals surface area contributed by atoms with Crippen LogP contribution in [0.2, 0.25) is 0 Å². The molecular weight excluding hydrogens is 391 g/mol. The molecule has 0 amide bonds. The number of hydrogen-bond donors (Lipinski definition) is 2. The van der Waals surface area contributed by atoms with Crippen LogP contribution in [0.5, 0.6) is 0 Å². The van der Waals surface area contributed by atoms with E-state index >= 15 is 0 Å². The van der Waals surface area contributed by atoms with E-state index in [0.717, 1.165) is 0 Å². The first-order valence-corrected chi connectivity index (χ1v) is 10.1. The first-order valence-electron chi connectivity index (χ1n) is 8.52. The zero-order valence-electron chi connectivity index (χ0n) is 15.3. The van der Waals surface area contributed by atoms with Crippen LogP contribution in [0.4, 0.5) is 10.2 Å². The van der Waals surface area contributed by atoms with Crippen LogP contribution in [0.15, 0.2) is 72.1 Å². The third kappa shape index (κ3) is 4.48. The fourth-order valence-corrected chi connectivity index (χ4v) is 3.29. The first-order chi connectivity index (χ1) is 13.8. The summed E-state index contributed by atoms with van der Waals surface area (Å²) in [5, 5.41) is 17.7. The van der Waals surface area contributed by atoms with Gasteiger partial charge in [-0.15, -0.1) is 6.58 Å². The van der Waals surface area contributed by atoms with Crippen molar-refractivity contribution in [3.05, 3.63) is 78.6 Å². The minimum absolute atomic E-state index is 0.0256. The quantitative estimate of drug-likeness (QED) is 0.605. The molecular formula is C21H17FN4O2S. The van der Waals surface area contributed by atoms with Crippen molar-refractivity contribution in [3.8, 4) is 28.5 Å². The van der Waals surface area contributed by atoms with Gasteiger partial charge in [0, 0.05) is 17.7 Å². The fourth-order valence-electron chi connectivity index (χ4n) is 2.77. The zero-order chi connectivity index (χ0) is 21.0. The van der Waals surface area contributed by atoms with Gasteiger partial charge in [0.2, 0.25) is 10.0 Å². The predicted molar refractivity (Wildman–Crippen MR) is 110 cm³/mol. The van der Waals surface area contributed by atoms with Crippen LogP contribution >= 0.6 is 0 Å². The van der Waals surface area contributed by atoms with Gasteiger partial charge in [0.1, 0.15) is 17.7 Å². The van der Waals surface area contributed by atoms with Crippen molar-refractivity contribution >= 4 is 15.8 Å². The van der Waals surface area contributed by atoms with E-state index in [1.165, 1.54) is 24.3 Å². The number of nitrogens with one attached hydrogen (secondary N) is 1. The van der Waals surface area contributed by atoms with Gasteiger partial charge in [0.25, 0.3) is 0 Å². The highest BCUT2D eigenvalue weighted by molar-refractivity contribution is 7.89. The van der Waals surface area contributed by atoms with Crippen molar-refractivity contribution in [3.63, 3.8) is 0 Å². The average molecular weight is 408 g/mol. The van der Waals surface area contributed by atoms with Gasteiger partial charge < -0.3 is 5.32 Å². The Balaban J connectivity index is 2.22. The standard InChI is InChI=1S/C21H17FN4O2S/c1-2-11-25-21-16(13-23)12-19(14-5-9-18(10-6-14)29(24,27)28)20(26-21)15-3-7-17(22)8-4-15/h2-10,12H,1,11H2,(H,25,26)(H2,24,27,28). The number of primary sulfonamides is 1. The number of aromatic nitrogens is 1. The third-order valence-electron chi connectivity index (χ3n) is 4.17. The molecule has 0 fully saturated rings. The Bertz CT molecular complexity index is 1200. The summed E-state index contributed by atoms with van der Waals surface area (Å²) in [5.41, 5.74) is 2.69. The number of nitrogens with two attached hydrogens (primary N) is 1. The van der Waals surface area contributed by atoms with E-state index in [9.17, 15) is 18.1 Å². The van der Waals surface area contributed by atoms with Crippen molar-refractivity contribution < 1.29 is 12.8 Å².